The van der Waals surface area contributed by atoms with Crippen LogP contribution in [0.15, 0.2) is 55.1 Å². The highest BCUT2D eigenvalue weighted by Gasteiger charge is 2.14. The van der Waals surface area contributed by atoms with E-state index in [0.717, 1.165) is 11.3 Å². The number of ether oxygens (including phenoxy) is 1. The van der Waals surface area contributed by atoms with Gasteiger partial charge in [0.2, 0.25) is 0 Å². The number of aliphatic carboxylic acids is 1. The lowest BCUT2D eigenvalue weighted by molar-refractivity contribution is -0.137. The number of hydrogen-bond donors (Lipinski definition) is 1. The minimum Gasteiger partial charge on any atom is -0.489 e. The summed E-state index contributed by atoms with van der Waals surface area (Å²) in [6.07, 6.45) is 7.48. The first-order valence-electron chi connectivity index (χ1n) is 9.32. The fourth-order valence-corrected chi connectivity index (χ4v) is 3.63. The summed E-state index contributed by atoms with van der Waals surface area (Å²) < 4.78 is 5.92. The van der Waals surface area contributed by atoms with Crippen molar-refractivity contribution in [3.8, 4) is 5.75 Å². The highest BCUT2D eigenvalue weighted by atomic mass is 16.5. The van der Waals surface area contributed by atoms with Gasteiger partial charge in [0.1, 0.15) is 12.4 Å². The van der Waals surface area contributed by atoms with Gasteiger partial charge in [-0.05, 0) is 72.4 Å². The van der Waals surface area contributed by atoms with Gasteiger partial charge in [0.05, 0.1) is 6.42 Å². The highest BCUT2D eigenvalue weighted by Crippen LogP contribution is 2.27. The standard InChI is InChI=1S/C23H26O3/c1-2-5-20(15-23(24)25)19-10-12-22(13-11-19)26-16-17-8-9-18-6-3-4-7-21(18)14-17/h2,8-14,20H,1,3-7,15-16H2,(H,24,25)/t20-/m0/s1. The summed E-state index contributed by atoms with van der Waals surface area (Å²) in [6, 6.07) is 14.4. The second kappa shape index (κ2) is 8.70. The van der Waals surface area contributed by atoms with Crippen molar-refractivity contribution in [1.29, 1.82) is 0 Å². The molecule has 1 atom stereocenters. The molecule has 0 spiro atoms. The molecule has 1 aliphatic carbocycles. The Morgan fingerprint density at radius 3 is 2.54 bits per heavy atom. The Morgan fingerprint density at radius 2 is 1.85 bits per heavy atom. The van der Waals surface area contributed by atoms with Gasteiger partial charge in [-0.25, -0.2) is 0 Å². The molecule has 3 nitrogen and oxygen atoms in total. The first kappa shape index (κ1) is 18.2. The molecule has 2 aromatic carbocycles. The van der Waals surface area contributed by atoms with Crippen molar-refractivity contribution in [2.24, 2.45) is 0 Å². The van der Waals surface area contributed by atoms with Crippen LogP contribution in [-0.2, 0) is 24.2 Å². The Kier molecular flexibility index (Phi) is 6.11. The number of carbonyl (C=O) groups is 1. The molecule has 0 radical (unpaired) electrons. The van der Waals surface area contributed by atoms with Gasteiger partial charge in [-0.3, -0.25) is 4.79 Å². The Bertz CT molecular complexity index is 762. The number of hydrogen-bond acceptors (Lipinski definition) is 2. The van der Waals surface area contributed by atoms with Gasteiger partial charge in [-0.2, -0.15) is 0 Å². The second-order valence-electron chi connectivity index (χ2n) is 6.99. The highest BCUT2D eigenvalue weighted by molar-refractivity contribution is 5.68. The van der Waals surface area contributed by atoms with Gasteiger partial charge in [0.15, 0.2) is 0 Å². The summed E-state index contributed by atoms with van der Waals surface area (Å²) in [5.74, 6) is -0.0246. The molecule has 26 heavy (non-hydrogen) atoms. The number of aryl methyl sites for hydroxylation is 2. The van der Waals surface area contributed by atoms with Gasteiger partial charge in [-0.15, -0.1) is 6.58 Å². The smallest absolute Gasteiger partial charge is 0.303 e. The van der Waals surface area contributed by atoms with E-state index in [2.05, 4.69) is 24.8 Å². The predicted octanol–water partition coefficient (Wildman–Crippen LogP) is 5.28. The molecule has 0 fully saturated rings. The van der Waals surface area contributed by atoms with Crippen LogP contribution in [0.4, 0.5) is 0 Å². The molecule has 0 saturated carbocycles. The quantitative estimate of drug-likeness (QED) is 0.659. The summed E-state index contributed by atoms with van der Waals surface area (Å²) in [6.45, 7) is 4.28. The Balaban J connectivity index is 1.62. The van der Waals surface area contributed by atoms with E-state index in [9.17, 15) is 4.79 Å². The molecule has 136 valence electrons. The van der Waals surface area contributed by atoms with Crippen LogP contribution in [0.1, 0.15) is 53.9 Å². The van der Waals surface area contributed by atoms with E-state index in [4.69, 9.17) is 9.84 Å². The lowest BCUT2D eigenvalue weighted by Gasteiger charge is -2.17. The minimum absolute atomic E-state index is 0.0419. The minimum atomic E-state index is -0.787. The monoisotopic (exact) mass is 350 g/mol. The molecule has 3 rings (SSSR count). The van der Waals surface area contributed by atoms with Crippen LogP contribution in [0, 0.1) is 0 Å². The largest absolute Gasteiger partial charge is 0.489 e. The van der Waals surface area contributed by atoms with E-state index >= 15 is 0 Å². The summed E-state index contributed by atoms with van der Waals surface area (Å²) in [4.78, 5) is 11.0. The zero-order valence-electron chi connectivity index (χ0n) is 15.1. The number of benzene rings is 2. The van der Waals surface area contributed by atoms with E-state index in [1.165, 1.54) is 42.4 Å². The van der Waals surface area contributed by atoms with Crippen molar-refractivity contribution in [3.63, 3.8) is 0 Å². The normalized spacial score (nSPS) is 14.3. The summed E-state index contributed by atoms with van der Waals surface area (Å²) >= 11 is 0. The topological polar surface area (TPSA) is 46.5 Å². The molecule has 0 saturated heterocycles. The second-order valence-corrected chi connectivity index (χ2v) is 6.99. The average Bonchev–Trinajstić information content (AvgIpc) is 2.66. The SMILES string of the molecule is C=CC[C@@H](CC(=O)O)c1ccc(OCc2ccc3c(c2)CCCC3)cc1. The molecular formula is C23H26O3. The summed E-state index contributed by atoms with van der Waals surface area (Å²) in [5.41, 5.74) is 5.16. The number of fused-ring (bicyclic) bond motifs is 1. The van der Waals surface area contributed by atoms with Gasteiger partial charge in [-0.1, -0.05) is 36.4 Å². The van der Waals surface area contributed by atoms with E-state index in [0.29, 0.717) is 13.0 Å². The number of carboxylic acid groups (broad SMARTS) is 1. The van der Waals surface area contributed by atoms with Gasteiger partial charge in [0, 0.05) is 0 Å². The zero-order valence-corrected chi connectivity index (χ0v) is 15.1. The summed E-state index contributed by atoms with van der Waals surface area (Å²) in [7, 11) is 0. The van der Waals surface area contributed by atoms with E-state index in [-0.39, 0.29) is 12.3 Å². The fourth-order valence-electron chi connectivity index (χ4n) is 3.63. The maximum absolute atomic E-state index is 11.0. The van der Waals surface area contributed by atoms with Crippen molar-refractivity contribution >= 4 is 5.97 Å². The third-order valence-electron chi connectivity index (χ3n) is 5.04. The van der Waals surface area contributed by atoms with Crippen LogP contribution in [0.3, 0.4) is 0 Å². The molecule has 1 aliphatic rings. The lowest BCUT2D eigenvalue weighted by Crippen LogP contribution is -2.06. The van der Waals surface area contributed by atoms with Crippen molar-refractivity contribution in [3.05, 3.63) is 77.4 Å². The average molecular weight is 350 g/mol. The molecule has 0 amide bonds. The molecule has 2 aromatic rings. The van der Waals surface area contributed by atoms with E-state index in [1.807, 2.05) is 24.3 Å². The molecule has 0 unspecified atom stereocenters. The van der Waals surface area contributed by atoms with Crippen LogP contribution in [0.2, 0.25) is 0 Å². The lowest BCUT2D eigenvalue weighted by atomic mass is 9.90. The molecular weight excluding hydrogens is 324 g/mol. The van der Waals surface area contributed by atoms with Gasteiger partial charge < -0.3 is 9.84 Å². The Hall–Kier alpha value is -2.55. The zero-order chi connectivity index (χ0) is 18.4. The number of allylic oxidation sites excluding steroid dienone is 1. The Morgan fingerprint density at radius 1 is 1.12 bits per heavy atom. The van der Waals surface area contributed by atoms with Crippen molar-refractivity contribution in [2.75, 3.05) is 0 Å². The molecule has 0 bridgehead atoms. The molecule has 0 aromatic heterocycles. The number of carboxylic acids is 1. The van der Waals surface area contributed by atoms with Crippen LogP contribution >= 0.6 is 0 Å². The van der Waals surface area contributed by atoms with Gasteiger partial charge in [0.25, 0.3) is 0 Å². The van der Waals surface area contributed by atoms with Crippen molar-refractivity contribution in [1.82, 2.24) is 0 Å². The predicted molar refractivity (Wildman–Crippen MR) is 104 cm³/mol. The van der Waals surface area contributed by atoms with Crippen LogP contribution < -0.4 is 4.74 Å². The molecule has 0 heterocycles. The van der Waals surface area contributed by atoms with Crippen LogP contribution in [0.25, 0.3) is 0 Å². The molecule has 3 heteroatoms. The van der Waals surface area contributed by atoms with Crippen LogP contribution in [-0.4, -0.2) is 11.1 Å². The van der Waals surface area contributed by atoms with Crippen molar-refractivity contribution in [2.45, 2.75) is 51.0 Å². The Labute approximate surface area is 155 Å². The van der Waals surface area contributed by atoms with Gasteiger partial charge >= 0.3 is 5.97 Å². The fraction of sp³-hybridized carbons (Fsp3) is 0.348. The third-order valence-corrected chi connectivity index (χ3v) is 5.04. The molecule has 1 N–H and O–H groups in total. The first-order chi connectivity index (χ1) is 12.7. The first-order valence-corrected chi connectivity index (χ1v) is 9.32. The number of rotatable bonds is 8. The van der Waals surface area contributed by atoms with E-state index in [1.54, 1.807) is 6.08 Å². The molecule has 0 aliphatic heterocycles. The summed E-state index contributed by atoms with van der Waals surface area (Å²) in [5, 5.41) is 9.06. The maximum Gasteiger partial charge on any atom is 0.303 e. The third kappa shape index (κ3) is 4.75. The maximum atomic E-state index is 11.0. The van der Waals surface area contributed by atoms with Crippen LogP contribution in [0.5, 0.6) is 5.75 Å². The van der Waals surface area contributed by atoms with E-state index < -0.39 is 5.97 Å². The van der Waals surface area contributed by atoms with Crippen molar-refractivity contribution < 1.29 is 14.6 Å².